The molecule has 4 nitrogen and oxygen atoms in total. The number of benzene rings is 3. The molecule has 4 rings (SSSR count). The van der Waals surface area contributed by atoms with Gasteiger partial charge in [0.05, 0.1) is 15.9 Å². The molecule has 0 spiro atoms. The average molecular weight is 492 g/mol. The van der Waals surface area contributed by atoms with E-state index < -0.39 is 10.0 Å². The Kier molecular flexibility index (Phi) is 5.46. The van der Waals surface area contributed by atoms with E-state index in [1.807, 2.05) is 37.3 Å². The van der Waals surface area contributed by atoms with Gasteiger partial charge in [0.1, 0.15) is 0 Å². The second kappa shape index (κ2) is 7.76. The van der Waals surface area contributed by atoms with Gasteiger partial charge >= 0.3 is 0 Å². The lowest BCUT2D eigenvalue weighted by Crippen LogP contribution is -2.14. The first kappa shape index (κ1) is 20.4. The molecule has 0 aliphatic carbocycles. The SMILES string of the molecule is Cc1ccc(S(=O)(=O)n2c3ccc(Cl)cc3c3cc(Br)cc(CCCN)c32)cc1. The molecule has 1 heterocycles. The molecule has 0 aliphatic heterocycles. The van der Waals surface area contributed by atoms with Crippen LogP contribution in [-0.4, -0.2) is 18.9 Å². The van der Waals surface area contributed by atoms with E-state index in [0.29, 0.717) is 29.0 Å². The number of hydrogen-bond acceptors (Lipinski definition) is 3. The summed E-state index contributed by atoms with van der Waals surface area (Å²) in [4.78, 5) is 0.254. The molecule has 0 unspecified atom stereocenters. The summed E-state index contributed by atoms with van der Waals surface area (Å²) in [5, 5.41) is 2.21. The molecular formula is C22H20BrClN2O2S. The Morgan fingerprint density at radius 2 is 1.76 bits per heavy atom. The highest BCUT2D eigenvalue weighted by Gasteiger charge is 2.25. The molecule has 1 aromatic heterocycles. The first-order valence-corrected chi connectivity index (χ1v) is 11.9. The third kappa shape index (κ3) is 3.59. The average Bonchev–Trinajstić information content (AvgIpc) is 3.01. The molecule has 0 radical (unpaired) electrons. The third-order valence-corrected chi connectivity index (χ3v) is 7.45. The van der Waals surface area contributed by atoms with Crippen LogP contribution in [0.2, 0.25) is 5.02 Å². The maximum absolute atomic E-state index is 13.7. The molecular weight excluding hydrogens is 472 g/mol. The second-order valence-corrected chi connectivity index (χ2v) is 10.2. The maximum atomic E-state index is 13.7. The predicted octanol–water partition coefficient (Wildman–Crippen LogP) is 5.65. The van der Waals surface area contributed by atoms with Crippen molar-refractivity contribution in [2.24, 2.45) is 5.73 Å². The highest BCUT2D eigenvalue weighted by Crippen LogP contribution is 2.38. The highest BCUT2D eigenvalue weighted by atomic mass is 79.9. The molecule has 0 saturated carbocycles. The quantitative estimate of drug-likeness (QED) is 0.392. The Balaban J connectivity index is 2.14. The Labute approximate surface area is 183 Å². The molecule has 0 atom stereocenters. The van der Waals surface area contributed by atoms with Crippen molar-refractivity contribution < 1.29 is 8.42 Å². The second-order valence-electron chi connectivity index (χ2n) is 7.10. The van der Waals surface area contributed by atoms with Gasteiger partial charge in [0.15, 0.2) is 0 Å². The van der Waals surface area contributed by atoms with Crippen LogP contribution in [0, 0.1) is 6.92 Å². The van der Waals surface area contributed by atoms with Gasteiger partial charge in [-0.05, 0) is 74.3 Å². The van der Waals surface area contributed by atoms with Gasteiger partial charge in [0.25, 0.3) is 10.0 Å². The standard InChI is InChI=1S/C22H20BrClN2O2S/c1-14-4-7-18(8-5-14)29(27,28)26-21-9-6-17(24)13-19(21)20-12-16(23)11-15(22(20)26)3-2-10-25/h4-9,11-13H,2-3,10,25H2,1H3. The van der Waals surface area contributed by atoms with Gasteiger partial charge in [0, 0.05) is 20.3 Å². The van der Waals surface area contributed by atoms with Gasteiger partial charge in [-0.3, -0.25) is 0 Å². The molecule has 0 amide bonds. The molecule has 4 aromatic rings. The summed E-state index contributed by atoms with van der Waals surface area (Å²) in [6, 6.07) is 16.1. The van der Waals surface area contributed by atoms with E-state index in [0.717, 1.165) is 32.8 Å². The smallest absolute Gasteiger partial charge is 0.268 e. The number of rotatable bonds is 5. The van der Waals surface area contributed by atoms with E-state index in [-0.39, 0.29) is 4.90 Å². The first-order valence-electron chi connectivity index (χ1n) is 9.27. The summed E-state index contributed by atoms with van der Waals surface area (Å²) in [5.41, 5.74) is 8.96. The predicted molar refractivity (Wildman–Crippen MR) is 123 cm³/mol. The van der Waals surface area contributed by atoms with Crippen LogP contribution < -0.4 is 5.73 Å². The van der Waals surface area contributed by atoms with Crippen molar-refractivity contribution in [2.75, 3.05) is 6.54 Å². The van der Waals surface area contributed by atoms with Crippen LogP contribution in [0.4, 0.5) is 0 Å². The topological polar surface area (TPSA) is 65.1 Å². The lowest BCUT2D eigenvalue weighted by atomic mass is 10.1. The van der Waals surface area contributed by atoms with Crippen LogP contribution in [0.15, 0.2) is 64.0 Å². The number of hydrogen-bond donors (Lipinski definition) is 1. The lowest BCUT2D eigenvalue weighted by molar-refractivity contribution is 0.590. The van der Waals surface area contributed by atoms with Crippen molar-refractivity contribution in [3.8, 4) is 0 Å². The fourth-order valence-corrected chi connectivity index (χ4v) is 5.91. The number of nitrogens with zero attached hydrogens (tertiary/aromatic N) is 1. The molecule has 2 N–H and O–H groups in total. The van der Waals surface area contributed by atoms with Crippen molar-refractivity contribution in [3.05, 3.63) is 75.2 Å². The number of nitrogens with two attached hydrogens (primary N) is 1. The van der Waals surface area contributed by atoms with Crippen molar-refractivity contribution in [2.45, 2.75) is 24.7 Å². The van der Waals surface area contributed by atoms with E-state index in [1.54, 1.807) is 24.3 Å². The molecule has 0 saturated heterocycles. The summed E-state index contributed by atoms with van der Waals surface area (Å²) in [6.45, 7) is 2.46. The van der Waals surface area contributed by atoms with E-state index in [4.69, 9.17) is 17.3 Å². The van der Waals surface area contributed by atoms with Gasteiger partial charge in [-0.25, -0.2) is 12.4 Å². The molecule has 0 aliphatic rings. The zero-order chi connectivity index (χ0) is 20.8. The third-order valence-electron chi connectivity index (χ3n) is 5.03. The Morgan fingerprint density at radius 1 is 1.03 bits per heavy atom. The van der Waals surface area contributed by atoms with Gasteiger partial charge in [-0.15, -0.1) is 0 Å². The van der Waals surface area contributed by atoms with E-state index in [2.05, 4.69) is 15.9 Å². The summed E-state index contributed by atoms with van der Waals surface area (Å²) >= 11 is 9.82. The van der Waals surface area contributed by atoms with Gasteiger partial charge in [-0.2, -0.15) is 0 Å². The molecule has 0 bridgehead atoms. The Morgan fingerprint density at radius 3 is 2.45 bits per heavy atom. The molecule has 29 heavy (non-hydrogen) atoms. The maximum Gasteiger partial charge on any atom is 0.268 e. The zero-order valence-corrected chi connectivity index (χ0v) is 19.0. The number of fused-ring (bicyclic) bond motifs is 3. The number of halogens is 2. The summed E-state index contributed by atoms with van der Waals surface area (Å²) < 4.78 is 29.8. The first-order chi connectivity index (χ1) is 13.8. The fourth-order valence-electron chi connectivity index (χ4n) is 3.67. The van der Waals surface area contributed by atoms with Crippen molar-refractivity contribution in [1.82, 2.24) is 3.97 Å². The van der Waals surface area contributed by atoms with Gasteiger partial charge < -0.3 is 5.73 Å². The monoisotopic (exact) mass is 490 g/mol. The Hall–Kier alpha value is -1.86. The number of aromatic nitrogens is 1. The normalized spacial score (nSPS) is 12.1. The van der Waals surface area contributed by atoms with Crippen LogP contribution in [0.5, 0.6) is 0 Å². The van der Waals surface area contributed by atoms with Crippen molar-refractivity contribution in [1.29, 1.82) is 0 Å². The van der Waals surface area contributed by atoms with Crippen molar-refractivity contribution in [3.63, 3.8) is 0 Å². The minimum atomic E-state index is -3.81. The largest absolute Gasteiger partial charge is 0.330 e. The minimum absolute atomic E-state index is 0.254. The van der Waals surface area contributed by atoms with E-state index in [1.165, 1.54) is 3.97 Å². The number of aryl methyl sites for hydroxylation is 2. The van der Waals surface area contributed by atoms with Gasteiger partial charge in [-0.1, -0.05) is 45.2 Å². The van der Waals surface area contributed by atoms with Crippen LogP contribution in [-0.2, 0) is 16.4 Å². The summed E-state index contributed by atoms with van der Waals surface area (Å²) in [5.74, 6) is 0. The zero-order valence-electron chi connectivity index (χ0n) is 15.8. The summed E-state index contributed by atoms with van der Waals surface area (Å²) in [6.07, 6.45) is 1.44. The van der Waals surface area contributed by atoms with Crippen LogP contribution in [0.25, 0.3) is 21.8 Å². The minimum Gasteiger partial charge on any atom is -0.330 e. The van der Waals surface area contributed by atoms with Crippen LogP contribution in [0.1, 0.15) is 17.5 Å². The fraction of sp³-hybridized carbons (Fsp3) is 0.182. The molecule has 0 fully saturated rings. The van der Waals surface area contributed by atoms with Crippen molar-refractivity contribution >= 4 is 59.4 Å². The van der Waals surface area contributed by atoms with E-state index >= 15 is 0 Å². The Bertz CT molecular complexity index is 1330. The van der Waals surface area contributed by atoms with Gasteiger partial charge in [0.2, 0.25) is 0 Å². The van der Waals surface area contributed by atoms with E-state index in [9.17, 15) is 8.42 Å². The lowest BCUT2D eigenvalue weighted by Gasteiger charge is -2.13. The summed E-state index contributed by atoms with van der Waals surface area (Å²) in [7, 11) is -3.81. The molecule has 7 heteroatoms. The van der Waals surface area contributed by atoms with Crippen LogP contribution in [0.3, 0.4) is 0 Å². The molecule has 150 valence electrons. The highest BCUT2D eigenvalue weighted by molar-refractivity contribution is 9.10. The van der Waals surface area contributed by atoms with Crippen LogP contribution >= 0.6 is 27.5 Å². The molecule has 3 aromatic carbocycles.